The number of nitrogens with zero attached hydrogens (tertiary/aromatic N) is 5. The van der Waals surface area contributed by atoms with Crippen LogP contribution in [-0.2, 0) is 11.8 Å². The zero-order valence-electron chi connectivity index (χ0n) is 16.5. The first-order valence-corrected chi connectivity index (χ1v) is 10.3. The summed E-state index contributed by atoms with van der Waals surface area (Å²) in [4.78, 5) is 22.2. The molecule has 0 spiro atoms. The summed E-state index contributed by atoms with van der Waals surface area (Å²) in [5.41, 5.74) is 3.79. The molecule has 1 saturated heterocycles. The monoisotopic (exact) mass is 399 g/mol. The summed E-state index contributed by atoms with van der Waals surface area (Å²) in [5.74, 6) is -0.109. The summed E-state index contributed by atoms with van der Waals surface area (Å²) < 4.78 is 8.18. The van der Waals surface area contributed by atoms with Crippen LogP contribution in [0.25, 0.3) is 10.2 Å². The number of carbonyl (C=O) groups is 1. The van der Waals surface area contributed by atoms with Crippen molar-refractivity contribution in [3.8, 4) is 0 Å². The summed E-state index contributed by atoms with van der Waals surface area (Å²) in [6.45, 7) is 8.81. The molecule has 7 nitrogen and oxygen atoms in total. The number of benzene rings is 1. The first-order chi connectivity index (χ1) is 13.5. The van der Waals surface area contributed by atoms with Crippen LogP contribution in [0.5, 0.6) is 0 Å². The third-order valence-corrected chi connectivity index (χ3v) is 6.27. The third kappa shape index (κ3) is 3.80. The number of aromatic nitrogens is 3. The predicted octanol–water partition coefficient (Wildman–Crippen LogP) is 2.63. The molecule has 1 amide bonds. The highest BCUT2D eigenvalue weighted by atomic mass is 32.1. The number of aryl methyl sites for hydroxylation is 3. The molecule has 0 N–H and O–H groups in total. The van der Waals surface area contributed by atoms with Gasteiger partial charge >= 0.3 is 0 Å². The van der Waals surface area contributed by atoms with Crippen LogP contribution in [-0.4, -0.2) is 65.0 Å². The van der Waals surface area contributed by atoms with Crippen molar-refractivity contribution in [1.29, 1.82) is 0 Å². The van der Waals surface area contributed by atoms with Gasteiger partial charge in [0.15, 0.2) is 10.8 Å². The molecular weight excluding hydrogens is 374 g/mol. The molecule has 148 valence electrons. The van der Waals surface area contributed by atoms with Crippen LogP contribution in [0, 0.1) is 13.8 Å². The van der Waals surface area contributed by atoms with E-state index in [-0.39, 0.29) is 5.91 Å². The third-order valence-electron chi connectivity index (χ3n) is 5.23. The molecule has 0 saturated carbocycles. The molecule has 0 aliphatic carbocycles. The highest BCUT2D eigenvalue weighted by Gasteiger charge is 2.24. The molecule has 3 heterocycles. The number of amides is 1. The first kappa shape index (κ1) is 19.0. The van der Waals surface area contributed by atoms with E-state index in [9.17, 15) is 4.79 Å². The smallest absolute Gasteiger partial charge is 0.280 e. The summed E-state index contributed by atoms with van der Waals surface area (Å²) in [5, 5.41) is 5.04. The fourth-order valence-electron chi connectivity index (χ4n) is 3.35. The summed E-state index contributed by atoms with van der Waals surface area (Å²) >= 11 is 1.56. The van der Waals surface area contributed by atoms with E-state index in [2.05, 4.69) is 36.0 Å². The summed E-state index contributed by atoms with van der Waals surface area (Å²) in [7, 11) is 1.82. The molecular formula is C20H25N5O2S. The zero-order valence-corrected chi connectivity index (χ0v) is 17.3. The van der Waals surface area contributed by atoms with Gasteiger partial charge in [-0.1, -0.05) is 17.4 Å². The van der Waals surface area contributed by atoms with E-state index in [0.29, 0.717) is 12.2 Å². The van der Waals surface area contributed by atoms with E-state index in [1.807, 2.05) is 7.05 Å². The molecule has 0 bridgehead atoms. The molecule has 0 atom stereocenters. The van der Waals surface area contributed by atoms with Crippen LogP contribution in [0.15, 0.2) is 24.4 Å². The van der Waals surface area contributed by atoms with Gasteiger partial charge in [-0.3, -0.25) is 19.3 Å². The average Bonchev–Trinajstić information content (AvgIpc) is 3.32. The van der Waals surface area contributed by atoms with Crippen LogP contribution in [0.4, 0.5) is 5.13 Å². The largest absolute Gasteiger partial charge is 0.379 e. The Morgan fingerprint density at radius 3 is 2.75 bits per heavy atom. The van der Waals surface area contributed by atoms with Gasteiger partial charge in [-0.05, 0) is 37.1 Å². The minimum atomic E-state index is -0.109. The molecule has 8 heteroatoms. The Hall–Kier alpha value is -2.29. The Bertz CT molecular complexity index is 990. The Kier molecular flexibility index (Phi) is 5.43. The lowest BCUT2D eigenvalue weighted by molar-refractivity contribution is 0.0391. The first-order valence-electron chi connectivity index (χ1n) is 9.51. The van der Waals surface area contributed by atoms with Crippen LogP contribution in [0.1, 0.15) is 21.6 Å². The molecule has 1 aliphatic rings. The van der Waals surface area contributed by atoms with E-state index < -0.39 is 0 Å². The minimum absolute atomic E-state index is 0.109. The van der Waals surface area contributed by atoms with Gasteiger partial charge in [0, 0.05) is 39.4 Å². The molecule has 28 heavy (non-hydrogen) atoms. The standard InChI is InChI=1S/C20H25N5O2S/c1-14-4-5-17-18(15(14)2)21-20(28-17)25(9-8-24-10-12-27-13-11-24)19(26)16-6-7-23(3)22-16/h4-7H,8-13H2,1-3H3. The molecule has 1 fully saturated rings. The van der Waals surface area contributed by atoms with Crippen molar-refractivity contribution in [2.24, 2.45) is 7.05 Å². The second kappa shape index (κ2) is 7.98. The van der Waals surface area contributed by atoms with Crippen molar-refractivity contribution >= 4 is 32.6 Å². The molecule has 0 unspecified atom stereocenters. The van der Waals surface area contributed by atoms with Gasteiger partial charge < -0.3 is 4.74 Å². The SMILES string of the molecule is Cc1ccc2sc(N(CCN3CCOCC3)C(=O)c3ccn(C)n3)nc2c1C. The van der Waals surface area contributed by atoms with Gasteiger partial charge in [-0.15, -0.1) is 0 Å². The normalized spacial score (nSPS) is 15.2. The number of hydrogen-bond donors (Lipinski definition) is 0. The molecule has 0 radical (unpaired) electrons. The summed E-state index contributed by atoms with van der Waals surface area (Å²) in [6.07, 6.45) is 1.79. The number of hydrogen-bond acceptors (Lipinski definition) is 6. The van der Waals surface area contributed by atoms with Crippen molar-refractivity contribution in [3.05, 3.63) is 41.2 Å². The number of thiazole rings is 1. The highest BCUT2D eigenvalue weighted by Crippen LogP contribution is 2.32. The molecule has 4 rings (SSSR count). The van der Waals surface area contributed by atoms with Gasteiger partial charge in [0.2, 0.25) is 0 Å². The number of carbonyl (C=O) groups excluding carboxylic acids is 1. The summed E-state index contributed by atoms with van der Waals surface area (Å²) in [6, 6.07) is 5.95. The van der Waals surface area contributed by atoms with E-state index in [0.717, 1.165) is 48.2 Å². The van der Waals surface area contributed by atoms with Gasteiger partial charge in [0.25, 0.3) is 5.91 Å². The number of anilines is 1. The topological polar surface area (TPSA) is 63.5 Å². The highest BCUT2D eigenvalue weighted by molar-refractivity contribution is 7.22. The Balaban J connectivity index is 1.65. The Morgan fingerprint density at radius 1 is 1.25 bits per heavy atom. The van der Waals surface area contributed by atoms with Gasteiger partial charge in [0.05, 0.1) is 23.4 Å². The average molecular weight is 400 g/mol. The quantitative estimate of drug-likeness (QED) is 0.660. The van der Waals surface area contributed by atoms with E-state index in [1.54, 1.807) is 33.2 Å². The lowest BCUT2D eigenvalue weighted by Crippen LogP contribution is -2.43. The minimum Gasteiger partial charge on any atom is -0.379 e. The second-order valence-electron chi connectivity index (χ2n) is 7.14. The number of fused-ring (bicyclic) bond motifs is 1. The van der Waals surface area contributed by atoms with E-state index in [4.69, 9.17) is 9.72 Å². The van der Waals surface area contributed by atoms with Gasteiger partial charge in [0.1, 0.15) is 0 Å². The predicted molar refractivity (Wildman–Crippen MR) is 111 cm³/mol. The van der Waals surface area contributed by atoms with Crippen LogP contribution in [0.3, 0.4) is 0 Å². The zero-order chi connectivity index (χ0) is 19.7. The van der Waals surface area contributed by atoms with Crippen LogP contribution >= 0.6 is 11.3 Å². The maximum atomic E-state index is 13.2. The van der Waals surface area contributed by atoms with Crippen molar-refractivity contribution in [3.63, 3.8) is 0 Å². The van der Waals surface area contributed by atoms with Gasteiger partial charge in [-0.25, -0.2) is 4.98 Å². The molecule has 3 aromatic rings. The van der Waals surface area contributed by atoms with Crippen molar-refractivity contribution in [2.75, 3.05) is 44.3 Å². The number of ether oxygens (including phenoxy) is 1. The van der Waals surface area contributed by atoms with Crippen molar-refractivity contribution in [1.82, 2.24) is 19.7 Å². The molecule has 1 aromatic carbocycles. The fourth-order valence-corrected chi connectivity index (χ4v) is 4.40. The number of rotatable bonds is 5. The molecule has 2 aromatic heterocycles. The van der Waals surface area contributed by atoms with E-state index >= 15 is 0 Å². The van der Waals surface area contributed by atoms with E-state index in [1.165, 1.54) is 11.1 Å². The van der Waals surface area contributed by atoms with Crippen molar-refractivity contribution < 1.29 is 9.53 Å². The molecule has 1 aliphatic heterocycles. The van der Waals surface area contributed by atoms with Crippen LogP contribution < -0.4 is 4.90 Å². The Morgan fingerprint density at radius 2 is 2.04 bits per heavy atom. The maximum absolute atomic E-state index is 13.2. The lowest BCUT2D eigenvalue weighted by atomic mass is 10.1. The second-order valence-corrected chi connectivity index (χ2v) is 8.15. The Labute approximate surface area is 168 Å². The van der Waals surface area contributed by atoms with Gasteiger partial charge in [-0.2, -0.15) is 5.10 Å². The lowest BCUT2D eigenvalue weighted by Gasteiger charge is -2.29. The van der Waals surface area contributed by atoms with Crippen LogP contribution in [0.2, 0.25) is 0 Å². The fraction of sp³-hybridized carbons (Fsp3) is 0.450. The number of morpholine rings is 1. The maximum Gasteiger partial charge on any atom is 0.280 e. The van der Waals surface area contributed by atoms with Crippen molar-refractivity contribution in [2.45, 2.75) is 13.8 Å².